The minimum Gasteiger partial charge on any atom is -0.469 e. The Kier molecular flexibility index (Phi) is 8.49. The van der Waals surface area contributed by atoms with Gasteiger partial charge in [-0.25, -0.2) is 9.78 Å². The molecule has 0 spiro atoms. The molecule has 10 heteroatoms. The van der Waals surface area contributed by atoms with E-state index >= 15 is 0 Å². The molecule has 43 heavy (non-hydrogen) atoms. The van der Waals surface area contributed by atoms with E-state index in [0.717, 1.165) is 48.0 Å². The molecule has 1 atom stereocenters. The van der Waals surface area contributed by atoms with Gasteiger partial charge in [-0.1, -0.05) is 12.1 Å². The van der Waals surface area contributed by atoms with E-state index in [-0.39, 0.29) is 30.7 Å². The number of nitrogens with zero attached hydrogens (tertiary/aromatic N) is 4. The van der Waals surface area contributed by atoms with Crippen molar-refractivity contribution in [3.63, 3.8) is 0 Å². The number of benzene rings is 1. The molecule has 230 valence electrons. The number of hydrogen-bond donors (Lipinski definition) is 0. The molecular weight excluding hydrogens is 548 g/mol. The van der Waals surface area contributed by atoms with Crippen molar-refractivity contribution in [3.8, 4) is 0 Å². The van der Waals surface area contributed by atoms with Gasteiger partial charge in [-0.2, -0.15) is 0 Å². The van der Waals surface area contributed by atoms with Crippen LogP contribution in [0.25, 0.3) is 10.9 Å². The third kappa shape index (κ3) is 6.68. The summed E-state index contributed by atoms with van der Waals surface area (Å²) in [5, 5.41) is 1.11. The fourth-order valence-electron chi connectivity index (χ4n) is 6.04. The number of carbonyl (C=O) groups excluding carboxylic acids is 4. The third-order valence-electron chi connectivity index (χ3n) is 8.58. The number of pyridine rings is 1. The van der Waals surface area contributed by atoms with Crippen molar-refractivity contribution in [3.05, 3.63) is 46.5 Å². The van der Waals surface area contributed by atoms with Gasteiger partial charge >= 0.3 is 12.1 Å². The lowest BCUT2D eigenvalue weighted by molar-refractivity contribution is -0.140. The predicted octanol–water partition coefficient (Wildman–Crippen LogP) is 4.91. The van der Waals surface area contributed by atoms with E-state index in [1.807, 2.05) is 37.5 Å². The van der Waals surface area contributed by atoms with Crippen molar-refractivity contribution < 1.29 is 28.7 Å². The molecule has 0 aliphatic carbocycles. The summed E-state index contributed by atoms with van der Waals surface area (Å²) >= 11 is 0. The Balaban J connectivity index is 1.27. The number of aromatic nitrogens is 1. The highest BCUT2D eigenvalue weighted by Gasteiger charge is 2.50. The van der Waals surface area contributed by atoms with E-state index in [4.69, 9.17) is 14.5 Å². The summed E-state index contributed by atoms with van der Waals surface area (Å²) in [6.45, 7) is 11.3. The van der Waals surface area contributed by atoms with Crippen molar-refractivity contribution in [1.82, 2.24) is 14.8 Å². The quantitative estimate of drug-likeness (QED) is 0.243. The smallest absolute Gasteiger partial charge is 0.410 e. The number of rotatable bonds is 8. The zero-order valence-electron chi connectivity index (χ0n) is 26.1. The summed E-state index contributed by atoms with van der Waals surface area (Å²) in [6.07, 6.45) is 3.33. The van der Waals surface area contributed by atoms with Gasteiger partial charge in [-0.15, -0.1) is 0 Å². The summed E-state index contributed by atoms with van der Waals surface area (Å²) in [4.78, 5) is 60.5. The highest BCUT2D eigenvalue weighted by atomic mass is 16.6. The number of carbonyl (C=O) groups is 4. The maximum atomic E-state index is 13.2. The lowest BCUT2D eigenvalue weighted by atomic mass is 9.90. The third-order valence-corrected chi connectivity index (χ3v) is 8.58. The number of hydrogen-bond acceptors (Lipinski definition) is 8. The number of anilines is 1. The number of aryl methyl sites for hydroxylation is 2. The van der Waals surface area contributed by atoms with Gasteiger partial charge in [0, 0.05) is 36.0 Å². The van der Waals surface area contributed by atoms with Crippen LogP contribution in [0.5, 0.6) is 0 Å². The summed E-state index contributed by atoms with van der Waals surface area (Å²) < 4.78 is 10.2. The number of esters is 1. The first-order valence-corrected chi connectivity index (χ1v) is 15.2. The van der Waals surface area contributed by atoms with Crippen molar-refractivity contribution in [2.75, 3.05) is 31.6 Å². The predicted molar refractivity (Wildman–Crippen MR) is 162 cm³/mol. The Labute approximate surface area is 253 Å². The van der Waals surface area contributed by atoms with Crippen LogP contribution in [0.4, 0.5) is 10.6 Å². The molecule has 4 heterocycles. The summed E-state index contributed by atoms with van der Waals surface area (Å²) in [5.74, 6) is 0.186. The normalized spacial score (nSPS) is 19.5. The SMILES string of the molecule is COC(=O)CCC1=C(C)C(=O)N(C2CN2c2cc(CCC3CCN(C(=O)OC(C)(C)C)CC3)c3ccc(C)cc3n2)C1=O. The van der Waals surface area contributed by atoms with Crippen LogP contribution in [0, 0.1) is 12.8 Å². The van der Waals surface area contributed by atoms with Gasteiger partial charge < -0.3 is 19.3 Å². The van der Waals surface area contributed by atoms with Crippen molar-refractivity contribution in [2.24, 2.45) is 5.92 Å². The van der Waals surface area contributed by atoms with Crippen LogP contribution < -0.4 is 4.90 Å². The standard InChI is InChI=1S/C33H42N4O6/c1-20-7-10-25-23(9-8-22-13-15-35(16-14-22)32(41)43-33(3,4)5)18-27(34-26(25)17-20)36-19-28(36)37-30(39)21(2)24(31(37)40)11-12-29(38)42-6/h7,10,17-18,22,28H,8-9,11-16,19H2,1-6H3. The molecule has 2 saturated heterocycles. The topological polar surface area (TPSA) is 109 Å². The molecule has 0 saturated carbocycles. The van der Waals surface area contributed by atoms with Crippen molar-refractivity contribution >= 4 is 40.6 Å². The molecule has 0 N–H and O–H groups in total. The van der Waals surface area contributed by atoms with E-state index in [2.05, 4.69) is 24.3 Å². The van der Waals surface area contributed by atoms with E-state index < -0.39 is 17.7 Å². The van der Waals surface area contributed by atoms with Gasteiger partial charge in [0.2, 0.25) is 0 Å². The number of imide groups is 1. The number of methoxy groups -OCH3 is 1. The summed E-state index contributed by atoms with van der Waals surface area (Å²) in [6, 6.07) is 8.38. The molecule has 0 bridgehead atoms. The second-order valence-corrected chi connectivity index (χ2v) is 12.9. The van der Waals surface area contributed by atoms with Crippen LogP contribution in [0.1, 0.15) is 70.9 Å². The van der Waals surface area contributed by atoms with Gasteiger partial charge in [0.1, 0.15) is 17.6 Å². The first kappa shape index (κ1) is 30.5. The second kappa shape index (κ2) is 12.0. The van der Waals surface area contributed by atoms with E-state index in [0.29, 0.717) is 36.7 Å². The average molecular weight is 591 g/mol. The molecule has 0 radical (unpaired) electrons. The fraction of sp³-hybridized carbons (Fsp3) is 0.545. The van der Waals surface area contributed by atoms with E-state index in [9.17, 15) is 19.2 Å². The van der Waals surface area contributed by atoms with Crippen LogP contribution in [-0.2, 0) is 30.3 Å². The molecular formula is C33H42N4O6. The Bertz CT molecular complexity index is 1480. The molecule has 2 fully saturated rings. The van der Waals surface area contributed by atoms with Crippen molar-refractivity contribution in [1.29, 1.82) is 0 Å². The van der Waals surface area contributed by atoms with Gasteiger partial charge in [0.25, 0.3) is 11.8 Å². The molecule has 2 aromatic rings. The lowest BCUT2D eigenvalue weighted by Crippen LogP contribution is -2.41. The summed E-state index contributed by atoms with van der Waals surface area (Å²) in [7, 11) is 1.31. The zero-order valence-corrected chi connectivity index (χ0v) is 26.1. The number of amides is 3. The molecule has 3 amide bonds. The lowest BCUT2D eigenvalue weighted by Gasteiger charge is -2.33. The largest absolute Gasteiger partial charge is 0.469 e. The fourth-order valence-corrected chi connectivity index (χ4v) is 6.04. The van der Waals surface area contributed by atoms with Crippen LogP contribution in [0.2, 0.25) is 0 Å². The minimum absolute atomic E-state index is 0.0549. The number of likely N-dealkylation sites (tertiary alicyclic amines) is 1. The minimum atomic E-state index is -0.500. The van der Waals surface area contributed by atoms with Crippen LogP contribution >= 0.6 is 0 Å². The maximum absolute atomic E-state index is 13.2. The monoisotopic (exact) mass is 590 g/mol. The van der Waals surface area contributed by atoms with Crippen LogP contribution in [0.3, 0.4) is 0 Å². The van der Waals surface area contributed by atoms with Gasteiger partial charge in [0.15, 0.2) is 0 Å². The molecule has 1 unspecified atom stereocenters. The Morgan fingerprint density at radius 2 is 1.74 bits per heavy atom. The summed E-state index contributed by atoms with van der Waals surface area (Å²) in [5.41, 5.74) is 3.46. The van der Waals surface area contributed by atoms with Crippen LogP contribution in [0.15, 0.2) is 35.4 Å². The second-order valence-electron chi connectivity index (χ2n) is 12.9. The Morgan fingerprint density at radius 3 is 2.42 bits per heavy atom. The van der Waals surface area contributed by atoms with E-state index in [1.165, 1.54) is 17.6 Å². The molecule has 5 rings (SSSR count). The van der Waals surface area contributed by atoms with Gasteiger partial charge in [0.05, 0.1) is 19.2 Å². The zero-order chi connectivity index (χ0) is 31.1. The van der Waals surface area contributed by atoms with Gasteiger partial charge in [-0.05, 0) is 95.9 Å². The van der Waals surface area contributed by atoms with Crippen molar-refractivity contribution in [2.45, 2.75) is 84.9 Å². The molecule has 3 aliphatic heterocycles. The number of fused-ring (bicyclic) bond motifs is 1. The Hall–Kier alpha value is -3.95. The Morgan fingerprint density at radius 1 is 1.02 bits per heavy atom. The van der Waals surface area contributed by atoms with Crippen LogP contribution in [-0.4, -0.2) is 77.2 Å². The van der Waals surface area contributed by atoms with E-state index in [1.54, 1.807) is 6.92 Å². The highest BCUT2D eigenvalue weighted by molar-refractivity contribution is 6.19. The molecule has 10 nitrogen and oxygen atoms in total. The molecule has 1 aromatic carbocycles. The molecule has 3 aliphatic rings. The number of ether oxygens (including phenoxy) is 2. The maximum Gasteiger partial charge on any atom is 0.410 e. The number of piperidine rings is 1. The highest BCUT2D eigenvalue weighted by Crippen LogP contribution is 2.37. The van der Waals surface area contributed by atoms with Gasteiger partial charge in [-0.3, -0.25) is 19.3 Å². The average Bonchev–Trinajstić information content (AvgIpc) is 3.71. The first-order valence-electron chi connectivity index (χ1n) is 15.2. The molecule has 1 aromatic heterocycles. The first-order chi connectivity index (χ1) is 20.4.